The van der Waals surface area contributed by atoms with Crippen molar-refractivity contribution in [2.45, 2.75) is 26.3 Å². The molecule has 3 N–H and O–H groups in total. The van der Waals surface area contributed by atoms with Crippen LogP contribution >= 0.6 is 0 Å². The van der Waals surface area contributed by atoms with Gasteiger partial charge in [-0.05, 0) is 6.42 Å². The van der Waals surface area contributed by atoms with E-state index in [-0.39, 0.29) is 6.04 Å². The minimum Gasteiger partial charge on any atom is -0.481 e. The Kier molecular flexibility index (Phi) is 3.24. The van der Waals surface area contributed by atoms with Crippen LogP contribution in [-0.2, 0) is 4.79 Å². The second-order valence-corrected chi connectivity index (χ2v) is 2.20. The first kappa shape index (κ1) is 8.43. The summed E-state index contributed by atoms with van der Waals surface area (Å²) in [5.74, 6) is -1.24. The van der Waals surface area contributed by atoms with Gasteiger partial charge < -0.3 is 10.8 Å². The van der Waals surface area contributed by atoms with Crippen molar-refractivity contribution >= 4 is 5.97 Å². The molecule has 0 aliphatic heterocycles. The average molecular weight is 131 g/mol. The molecule has 3 heteroatoms. The van der Waals surface area contributed by atoms with Gasteiger partial charge in [-0.1, -0.05) is 13.8 Å². The lowest BCUT2D eigenvalue weighted by atomic mass is 10.0. The summed E-state index contributed by atoms with van der Waals surface area (Å²) in [5, 5.41) is 8.40. The van der Waals surface area contributed by atoms with Crippen LogP contribution in [0.25, 0.3) is 0 Å². The molecule has 0 saturated heterocycles. The zero-order valence-corrected chi connectivity index (χ0v) is 5.79. The van der Waals surface area contributed by atoms with Crippen molar-refractivity contribution < 1.29 is 9.90 Å². The van der Waals surface area contributed by atoms with Crippen molar-refractivity contribution in [3.8, 4) is 0 Å². The van der Waals surface area contributed by atoms with Gasteiger partial charge in [0.2, 0.25) is 0 Å². The Morgan fingerprint density at radius 1 is 1.78 bits per heavy atom. The Morgan fingerprint density at radius 2 is 2.22 bits per heavy atom. The van der Waals surface area contributed by atoms with Crippen molar-refractivity contribution in [3.63, 3.8) is 0 Å². The van der Waals surface area contributed by atoms with Crippen LogP contribution in [0.1, 0.15) is 20.3 Å². The molecule has 0 aliphatic rings. The van der Waals surface area contributed by atoms with E-state index in [2.05, 4.69) is 0 Å². The van der Waals surface area contributed by atoms with E-state index in [1.54, 1.807) is 6.92 Å². The van der Waals surface area contributed by atoms with Crippen LogP contribution in [0.15, 0.2) is 0 Å². The van der Waals surface area contributed by atoms with Crippen LogP contribution in [0, 0.1) is 5.92 Å². The summed E-state index contributed by atoms with van der Waals surface area (Å²) in [6.45, 7) is 3.50. The number of rotatable bonds is 3. The summed E-state index contributed by atoms with van der Waals surface area (Å²) < 4.78 is 0. The van der Waals surface area contributed by atoms with Gasteiger partial charge >= 0.3 is 5.97 Å². The van der Waals surface area contributed by atoms with E-state index in [9.17, 15) is 4.79 Å². The maximum Gasteiger partial charge on any atom is 0.307 e. The van der Waals surface area contributed by atoms with Gasteiger partial charge in [-0.25, -0.2) is 0 Å². The summed E-state index contributed by atoms with van der Waals surface area (Å²) in [5.41, 5.74) is 5.44. The van der Waals surface area contributed by atoms with Crippen LogP contribution in [-0.4, -0.2) is 17.1 Å². The number of hydrogen-bond donors (Lipinski definition) is 2. The normalized spacial score (nSPS) is 16.8. The third-order valence-corrected chi connectivity index (χ3v) is 1.50. The van der Waals surface area contributed by atoms with Gasteiger partial charge in [-0.2, -0.15) is 0 Å². The number of carboxylic acid groups (broad SMARTS) is 1. The van der Waals surface area contributed by atoms with Gasteiger partial charge in [0, 0.05) is 6.04 Å². The highest BCUT2D eigenvalue weighted by molar-refractivity contribution is 5.70. The highest BCUT2D eigenvalue weighted by Crippen LogP contribution is 2.02. The number of carboxylic acids is 1. The molecule has 2 atom stereocenters. The van der Waals surface area contributed by atoms with E-state index >= 15 is 0 Å². The Balaban J connectivity index is 3.72. The van der Waals surface area contributed by atoms with Crippen LogP contribution in [0.2, 0.25) is 0 Å². The first-order valence-electron chi connectivity index (χ1n) is 3.08. The fraction of sp³-hybridized carbons (Fsp3) is 0.833. The van der Waals surface area contributed by atoms with Gasteiger partial charge in [0.25, 0.3) is 0 Å². The molecule has 0 aromatic rings. The maximum atomic E-state index is 10.2. The van der Waals surface area contributed by atoms with Gasteiger partial charge in [0.1, 0.15) is 0 Å². The second kappa shape index (κ2) is 3.45. The van der Waals surface area contributed by atoms with Crippen LogP contribution in [0.5, 0.6) is 0 Å². The summed E-state index contributed by atoms with van der Waals surface area (Å²) in [4.78, 5) is 10.2. The molecule has 0 unspecified atom stereocenters. The van der Waals surface area contributed by atoms with Gasteiger partial charge in [-0.3, -0.25) is 4.79 Å². The van der Waals surface area contributed by atoms with Crippen LogP contribution in [0.3, 0.4) is 0 Å². The lowest BCUT2D eigenvalue weighted by Crippen LogP contribution is -2.32. The van der Waals surface area contributed by atoms with Crippen molar-refractivity contribution in [1.29, 1.82) is 0 Å². The second-order valence-electron chi connectivity index (χ2n) is 2.20. The molecule has 0 heterocycles. The standard InChI is InChI=1S/C6H13NO2/c1-3-5(7)4(2)6(8)9/h4-5H,3,7H2,1-2H3,(H,8,9)/t4-,5+/m0/s1. The molecule has 0 radical (unpaired) electrons. The summed E-state index contributed by atoms with van der Waals surface area (Å²) in [6, 6.07) is -0.206. The molecule has 54 valence electrons. The highest BCUT2D eigenvalue weighted by Gasteiger charge is 2.17. The maximum absolute atomic E-state index is 10.2. The van der Waals surface area contributed by atoms with Crippen molar-refractivity contribution in [1.82, 2.24) is 0 Å². The van der Waals surface area contributed by atoms with E-state index in [0.29, 0.717) is 6.42 Å². The molecular formula is C6H13NO2. The van der Waals surface area contributed by atoms with Gasteiger partial charge in [0.15, 0.2) is 0 Å². The average Bonchev–Trinajstić information content (AvgIpc) is 1.84. The third kappa shape index (κ3) is 2.46. The third-order valence-electron chi connectivity index (χ3n) is 1.50. The molecule has 0 aliphatic carbocycles. The minimum absolute atomic E-state index is 0.206. The van der Waals surface area contributed by atoms with Gasteiger partial charge in [0.05, 0.1) is 5.92 Å². The quantitative estimate of drug-likeness (QED) is 0.584. The van der Waals surface area contributed by atoms with E-state index in [0.717, 1.165) is 0 Å². The summed E-state index contributed by atoms with van der Waals surface area (Å²) in [6.07, 6.45) is 0.716. The predicted molar refractivity (Wildman–Crippen MR) is 35.1 cm³/mol. The van der Waals surface area contributed by atoms with Crippen molar-refractivity contribution in [2.75, 3.05) is 0 Å². The van der Waals surface area contributed by atoms with E-state index in [4.69, 9.17) is 10.8 Å². The smallest absolute Gasteiger partial charge is 0.307 e. The minimum atomic E-state index is -0.815. The van der Waals surface area contributed by atoms with E-state index < -0.39 is 11.9 Å². The first-order valence-corrected chi connectivity index (χ1v) is 3.08. The SMILES string of the molecule is CC[C@@H](N)[C@H](C)C(=O)O. The first-order chi connectivity index (χ1) is 4.09. The molecule has 0 rings (SSSR count). The molecule has 0 amide bonds. The predicted octanol–water partition coefficient (Wildman–Crippen LogP) is 0.444. The van der Waals surface area contributed by atoms with Crippen LogP contribution in [0.4, 0.5) is 0 Å². The molecule has 0 saturated carbocycles. The topological polar surface area (TPSA) is 63.3 Å². The molecule has 9 heavy (non-hydrogen) atoms. The van der Waals surface area contributed by atoms with Crippen LogP contribution < -0.4 is 5.73 Å². The number of hydrogen-bond acceptors (Lipinski definition) is 2. The van der Waals surface area contributed by atoms with Gasteiger partial charge in [-0.15, -0.1) is 0 Å². The number of carbonyl (C=O) groups is 1. The van der Waals surface area contributed by atoms with Crippen molar-refractivity contribution in [2.24, 2.45) is 11.7 Å². The highest BCUT2D eigenvalue weighted by atomic mass is 16.4. The van der Waals surface area contributed by atoms with E-state index in [1.807, 2.05) is 6.92 Å². The number of aliphatic carboxylic acids is 1. The lowest BCUT2D eigenvalue weighted by molar-refractivity contribution is -0.141. The van der Waals surface area contributed by atoms with E-state index in [1.165, 1.54) is 0 Å². The molecule has 3 nitrogen and oxygen atoms in total. The van der Waals surface area contributed by atoms with Crippen molar-refractivity contribution in [3.05, 3.63) is 0 Å². The molecule has 0 aromatic heterocycles. The summed E-state index contributed by atoms with van der Waals surface area (Å²) >= 11 is 0. The Morgan fingerprint density at radius 3 is 2.33 bits per heavy atom. The lowest BCUT2D eigenvalue weighted by Gasteiger charge is -2.12. The molecule has 0 aromatic carbocycles. The Bertz CT molecular complexity index is 103. The zero-order valence-electron chi connectivity index (χ0n) is 5.79. The zero-order chi connectivity index (χ0) is 7.44. The summed E-state index contributed by atoms with van der Waals surface area (Å²) in [7, 11) is 0. The fourth-order valence-electron chi connectivity index (χ4n) is 0.537. The largest absolute Gasteiger partial charge is 0.481 e. The molecular weight excluding hydrogens is 118 g/mol. The fourth-order valence-corrected chi connectivity index (χ4v) is 0.537. The number of nitrogens with two attached hydrogens (primary N) is 1. The Hall–Kier alpha value is -0.570. The molecule has 0 spiro atoms. The molecule has 0 fully saturated rings. The Labute approximate surface area is 54.9 Å². The monoisotopic (exact) mass is 131 g/mol. The molecule has 0 bridgehead atoms.